The number of nitrogens with zero attached hydrogens (tertiary/aromatic N) is 1. The van der Waals surface area contributed by atoms with E-state index in [9.17, 15) is 18.0 Å². The van der Waals surface area contributed by atoms with Gasteiger partial charge in [0.2, 0.25) is 10.0 Å². The van der Waals surface area contributed by atoms with Crippen LogP contribution in [-0.4, -0.2) is 60.7 Å². The molecule has 2 amide bonds. The van der Waals surface area contributed by atoms with Crippen LogP contribution in [0.4, 0.5) is 0 Å². The number of piperidine rings is 1. The summed E-state index contributed by atoms with van der Waals surface area (Å²) in [5.74, 6) is -2.01. The molecule has 10 heteroatoms. The Morgan fingerprint density at radius 2 is 1.68 bits per heavy atom. The smallest absolute Gasteiger partial charge is 0.255 e. The van der Waals surface area contributed by atoms with Gasteiger partial charge in [0, 0.05) is 19.1 Å². The summed E-state index contributed by atoms with van der Waals surface area (Å²) >= 11 is 0. The van der Waals surface area contributed by atoms with E-state index in [-0.39, 0.29) is 31.1 Å². The molecule has 184 valence electrons. The highest BCUT2D eigenvalue weighted by atomic mass is 32.2. The van der Waals surface area contributed by atoms with Crippen LogP contribution in [-0.2, 0) is 14.8 Å². The molecule has 1 heterocycles. The third kappa shape index (κ3) is 6.55. The van der Waals surface area contributed by atoms with Gasteiger partial charge in [-0.25, -0.2) is 18.2 Å². The molecule has 0 spiro atoms. The number of para-hydroxylation sites is 1. The maximum atomic E-state index is 13.1. The van der Waals surface area contributed by atoms with Gasteiger partial charge < -0.3 is 10.1 Å². The lowest BCUT2D eigenvalue weighted by atomic mass is 10.0. The molecule has 34 heavy (non-hydrogen) atoms. The maximum Gasteiger partial charge on any atom is 0.255 e. The van der Waals surface area contributed by atoms with Crippen molar-refractivity contribution in [3.8, 4) is 5.75 Å². The Hall–Kier alpha value is -2.95. The molecule has 1 saturated heterocycles. The molecular formula is C24H31N3O6S. The van der Waals surface area contributed by atoms with Gasteiger partial charge in [0.1, 0.15) is 11.9 Å². The lowest BCUT2D eigenvalue weighted by Gasteiger charge is -2.32. The highest BCUT2D eigenvalue weighted by Crippen LogP contribution is 2.26. The predicted molar refractivity (Wildman–Crippen MR) is 127 cm³/mol. The van der Waals surface area contributed by atoms with E-state index in [0.717, 1.165) is 0 Å². The fourth-order valence-corrected chi connectivity index (χ4v) is 5.65. The summed E-state index contributed by atoms with van der Waals surface area (Å²) in [4.78, 5) is 24.7. The zero-order valence-corrected chi connectivity index (χ0v) is 20.1. The first-order valence-corrected chi connectivity index (χ1v) is 12.9. The molecule has 2 aromatic rings. The molecule has 9 nitrogen and oxygen atoms in total. The van der Waals surface area contributed by atoms with Crippen molar-refractivity contribution >= 4 is 21.8 Å². The molecule has 0 aromatic heterocycles. The van der Waals surface area contributed by atoms with Crippen LogP contribution >= 0.6 is 0 Å². The Balaban J connectivity index is 1.64. The molecule has 2 aromatic carbocycles. The fourth-order valence-electron chi connectivity index (χ4n) is 3.91. The zero-order valence-electron chi connectivity index (χ0n) is 19.3. The second kappa shape index (κ2) is 11.5. The molecule has 3 rings (SSSR count). The third-order valence-corrected chi connectivity index (χ3v) is 7.55. The van der Waals surface area contributed by atoms with Crippen molar-refractivity contribution in [2.75, 3.05) is 18.8 Å². The molecule has 1 aliphatic heterocycles. The molecule has 0 radical (unpaired) electrons. The molecular weight excluding hydrogens is 458 g/mol. The predicted octanol–water partition coefficient (Wildman–Crippen LogP) is 2.29. The maximum absolute atomic E-state index is 13.1. The number of amides is 2. The lowest BCUT2D eigenvalue weighted by Crippen LogP contribution is -2.44. The number of carbonyl (C=O) groups is 2. The van der Waals surface area contributed by atoms with Crippen LogP contribution in [0.1, 0.15) is 48.5 Å². The molecule has 0 saturated carbocycles. The van der Waals surface area contributed by atoms with E-state index < -0.39 is 27.6 Å². The summed E-state index contributed by atoms with van der Waals surface area (Å²) < 4.78 is 33.6. The van der Waals surface area contributed by atoms with Crippen molar-refractivity contribution in [3.63, 3.8) is 0 Å². The van der Waals surface area contributed by atoms with Gasteiger partial charge in [-0.3, -0.25) is 14.8 Å². The number of hydrogen-bond donors (Lipinski definition) is 3. The molecule has 0 aliphatic carbocycles. The third-order valence-electron chi connectivity index (χ3n) is 5.65. The summed E-state index contributed by atoms with van der Waals surface area (Å²) in [5.41, 5.74) is 2.52. The minimum absolute atomic E-state index is 0.0124. The summed E-state index contributed by atoms with van der Waals surface area (Å²) in [6.07, 6.45) is 0.647. The number of nitrogens with one attached hydrogen (secondary N) is 2. The first-order valence-electron chi connectivity index (χ1n) is 11.2. The Labute approximate surface area is 200 Å². The Bertz CT molecular complexity index is 1080. The van der Waals surface area contributed by atoms with Crippen LogP contribution in [0.25, 0.3) is 0 Å². The molecule has 0 unspecified atom stereocenters. The molecule has 1 atom stereocenters. The quantitative estimate of drug-likeness (QED) is 0.367. The van der Waals surface area contributed by atoms with Crippen LogP contribution in [0.15, 0.2) is 54.6 Å². The van der Waals surface area contributed by atoms with Crippen molar-refractivity contribution in [2.45, 2.75) is 44.8 Å². The first kappa shape index (κ1) is 25.7. The van der Waals surface area contributed by atoms with Crippen molar-refractivity contribution < 1.29 is 28.0 Å². The topological polar surface area (TPSA) is 125 Å². The minimum atomic E-state index is -3.78. The van der Waals surface area contributed by atoms with Gasteiger partial charge in [0.05, 0.1) is 17.2 Å². The monoisotopic (exact) mass is 489 g/mol. The van der Waals surface area contributed by atoms with Crippen molar-refractivity contribution in [2.24, 2.45) is 0 Å². The van der Waals surface area contributed by atoms with Gasteiger partial charge in [-0.05, 0) is 44.4 Å². The molecule has 1 fully saturated rings. The SMILES string of the molecule is CC(C)NC(=O)c1ccccc1OC1CCN(S(=O)(=O)C[C@@H](C(=O)NO)c2ccccc2)CC1. The summed E-state index contributed by atoms with van der Waals surface area (Å²) in [5, 5.41) is 12.0. The minimum Gasteiger partial charge on any atom is -0.489 e. The number of benzene rings is 2. The van der Waals surface area contributed by atoms with Gasteiger partial charge >= 0.3 is 0 Å². The van der Waals surface area contributed by atoms with E-state index in [2.05, 4.69) is 5.32 Å². The Morgan fingerprint density at radius 1 is 1.06 bits per heavy atom. The van der Waals surface area contributed by atoms with Crippen LogP contribution in [0.3, 0.4) is 0 Å². The second-order valence-electron chi connectivity index (χ2n) is 8.56. The molecule has 1 aliphatic rings. The van der Waals surface area contributed by atoms with E-state index in [1.54, 1.807) is 60.1 Å². The number of hydrogen-bond acceptors (Lipinski definition) is 6. The summed E-state index contributed by atoms with van der Waals surface area (Å²) in [6.45, 7) is 4.22. The van der Waals surface area contributed by atoms with Crippen molar-refractivity contribution in [3.05, 3.63) is 65.7 Å². The van der Waals surface area contributed by atoms with Gasteiger partial charge in [-0.2, -0.15) is 0 Å². The normalized spacial score (nSPS) is 16.1. The van der Waals surface area contributed by atoms with Gasteiger partial charge in [-0.1, -0.05) is 42.5 Å². The van der Waals surface area contributed by atoms with Crippen LogP contribution in [0.2, 0.25) is 0 Å². The highest BCUT2D eigenvalue weighted by Gasteiger charge is 2.34. The largest absolute Gasteiger partial charge is 0.489 e. The van der Waals surface area contributed by atoms with E-state index in [1.807, 2.05) is 13.8 Å². The molecule has 3 N–H and O–H groups in total. The number of rotatable bonds is 9. The number of hydroxylamine groups is 1. The summed E-state index contributed by atoms with van der Waals surface area (Å²) in [7, 11) is -3.78. The lowest BCUT2D eigenvalue weighted by molar-refractivity contribution is -0.130. The first-order chi connectivity index (χ1) is 16.2. The number of carbonyl (C=O) groups excluding carboxylic acids is 2. The Kier molecular flexibility index (Phi) is 8.65. The average molecular weight is 490 g/mol. The van der Waals surface area contributed by atoms with Crippen LogP contribution < -0.4 is 15.5 Å². The average Bonchev–Trinajstić information content (AvgIpc) is 2.83. The van der Waals surface area contributed by atoms with Gasteiger partial charge in [0.25, 0.3) is 11.8 Å². The van der Waals surface area contributed by atoms with E-state index in [0.29, 0.717) is 29.7 Å². The zero-order chi connectivity index (χ0) is 24.7. The van der Waals surface area contributed by atoms with Gasteiger partial charge in [0.15, 0.2) is 0 Å². The molecule has 0 bridgehead atoms. The van der Waals surface area contributed by atoms with Crippen molar-refractivity contribution in [1.29, 1.82) is 0 Å². The standard InChI is InChI=1S/C24H31N3O6S/c1-17(2)25-23(28)20-10-6-7-11-22(20)33-19-12-14-27(15-13-19)34(31,32)16-21(24(29)26-30)18-8-4-3-5-9-18/h3-11,17,19,21,30H,12-16H2,1-2H3,(H,25,28)(H,26,29)/t21-/m1/s1. The van der Waals surface area contributed by atoms with E-state index in [4.69, 9.17) is 9.94 Å². The van der Waals surface area contributed by atoms with Crippen LogP contribution in [0, 0.1) is 0 Å². The van der Waals surface area contributed by atoms with Crippen molar-refractivity contribution in [1.82, 2.24) is 15.1 Å². The fraction of sp³-hybridized carbons (Fsp3) is 0.417. The van der Waals surface area contributed by atoms with Gasteiger partial charge in [-0.15, -0.1) is 0 Å². The number of ether oxygens (including phenoxy) is 1. The summed E-state index contributed by atoms with van der Waals surface area (Å²) in [6, 6.07) is 15.5. The Morgan fingerprint density at radius 3 is 2.29 bits per heavy atom. The van der Waals surface area contributed by atoms with E-state index in [1.165, 1.54) is 4.31 Å². The van der Waals surface area contributed by atoms with E-state index >= 15 is 0 Å². The highest BCUT2D eigenvalue weighted by molar-refractivity contribution is 7.89. The number of sulfonamides is 1. The van der Waals surface area contributed by atoms with Crippen LogP contribution in [0.5, 0.6) is 5.75 Å². The second-order valence-corrected chi connectivity index (χ2v) is 10.6.